The third-order valence-corrected chi connectivity index (χ3v) is 3.30. The molecule has 2 rings (SSSR count). The minimum absolute atomic E-state index is 0.0995. The molecule has 2 aromatic rings. The van der Waals surface area contributed by atoms with Crippen molar-refractivity contribution in [3.63, 3.8) is 0 Å². The van der Waals surface area contributed by atoms with Crippen LogP contribution in [0.4, 0.5) is 0 Å². The van der Waals surface area contributed by atoms with Crippen molar-refractivity contribution in [2.24, 2.45) is 0 Å². The van der Waals surface area contributed by atoms with Crippen LogP contribution in [-0.2, 0) is 6.54 Å². The number of hydrogen-bond acceptors (Lipinski definition) is 4. The second kappa shape index (κ2) is 5.73. The second-order valence-electron chi connectivity index (χ2n) is 4.31. The lowest BCUT2D eigenvalue weighted by Gasteiger charge is -2.06. The number of nitrogens with one attached hydrogen (secondary N) is 1. The SMILES string of the molecule is CC(C)c1nnsc1C(=O)NCc1ccccc1. The Balaban J connectivity index is 2.02. The molecule has 1 N–H and O–H groups in total. The first-order valence-electron chi connectivity index (χ1n) is 5.83. The summed E-state index contributed by atoms with van der Waals surface area (Å²) in [6, 6.07) is 9.82. The van der Waals surface area contributed by atoms with Crippen molar-refractivity contribution < 1.29 is 4.79 Å². The Labute approximate surface area is 110 Å². The quantitative estimate of drug-likeness (QED) is 0.920. The Kier molecular flexibility index (Phi) is 4.04. The van der Waals surface area contributed by atoms with E-state index in [1.807, 2.05) is 44.2 Å². The lowest BCUT2D eigenvalue weighted by molar-refractivity contribution is 0.0953. The van der Waals surface area contributed by atoms with Gasteiger partial charge in [-0.2, -0.15) is 0 Å². The summed E-state index contributed by atoms with van der Waals surface area (Å²) in [5.74, 6) is 0.110. The van der Waals surface area contributed by atoms with E-state index >= 15 is 0 Å². The lowest BCUT2D eigenvalue weighted by atomic mass is 10.1. The highest BCUT2D eigenvalue weighted by molar-refractivity contribution is 7.08. The Bertz CT molecular complexity index is 522. The molecule has 0 saturated carbocycles. The van der Waals surface area contributed by atoms with Crippen LogP contribution in [0, 0.1) is 0 Å². The van der Waals surface area contributed by atoms with Gasteiger partial charge in [0.25, 0.3) is 5.91 Å². The van der Waals surface area contributed by atoms with Crippen LogP contribution in [0.5, 0.6) is 0 Å². The van der Waals surface area contributed by atoms with Gasteiger partial charge in [-0.3, -0.25) is 4.79 Å². The molecule has 0 aliphatic rings. The average Bonchev–Trinajstić information content (AvgIpc) is 2.86. The largest absolute Gasteiger partial charge is 0.347 e. The first kappa shape index (κ1) is 12.7. The number of hydrogen-bond donors (Lipinski definition) is 1. The predicted molar refractivity (Wildman–Crippen MR) is 71.6 cm³/mol. The van der Waals surface area contributed by atoms with Gasteiger partial charge in [-0.15, -0.1) is 5.10 Å². The molecule has 1 amide bonds. The first-order valence-corrected chi connectivity index (χ1v) is 6.60. The zero-order valence-electron chi connectivity index (χ0n) is 10.4. The van der Waals surface area contributed by atoms with E-state index in [0.29, 0.717) is 11.4 Å². The van der Waals surface area contributed by atoms with Crippen molar-refractivity contribution in [3.05, 3.63) is 46.5 Å². The van der Waals surface area contributed by atoms with Crippen molar-refractivity contribution in [3.8, 4) is 0 Å². The summed E-state index contributed by atoms with van der Waals surface area (Å²) in [5, 5.41) is 6.89. The molecule has 0 bridgehead atoms. The fraction of sp³-hybridized carbons (Fsp3) is 0.308. The van der Waals surface area contributed by atoms with Gasteiger partial charge in [0.2, 0.25) is 0 Å². The number of benzene rings is 1. The van der Waals surface area contributed by atoms with Crippen molar-refractivity contribution in [2.75, 3.05) is 0 Å². The molecular weight excluding hydrogens is 246 g/mol. The van der Waals surface area contributed by atoms with Gasteiger partial charge in [-0.05, 0) is 23.0 Å². The number of nitrogens with zero attached hydrogens (tertiary/aromatic N) is 2. The summed E-state index contributed by atoms with van der Waals surface area (Å²) in [4.78, 5) is 12.6. The zero-order chi connectivity index (χ0) is 13.0. The zero-order valence-corrected chi connectivity index (χ0v) is 11.2. The van der Waals surface area contributed by atoms with E-state index in [0.717, 1.165) is 22.8 Å². The molecule has 0 saturated heterocycles. The monoisotopic (exact) mass is 261 g/mol. The van der Waals surface area contributed by atoms with Crippen LogP contribution in [0.1, 0.15) is 40.7 Å². The molecule has 0 radical (unpaired) electrons. The summed E-state index contributed by atoms with van der Waals surface area (Å²) in [5.41, 5.74) is 1.85. The fourth-order valence-electron chi connectivity index (χ4n) is 1.59. The normalized spacial score (nSPS) is 10.6. The van der Waals surface area contributed by atoms with Gasteiger partial charge in [0.05, 0.1) is 5.69 Å². The van der Waals surface area contributed by atoms with E-state index in [9.17, 15) is 4.79 Å². The molecule has 0 fully saturated rings. The van der Waals surface area contributed by atoms with Crippen LogP contribution in [-0.4, -0.2) is 15.5 Å². The van der Waals surface area contributed by atoms with Crippen molar-refractivity contribution in [1.82, 2.24) is 14.9 Å². The number of aromatic nitrogens is 2. The number of amides is 1. The smallest absolute Gasteiger partial charge is 0.265 e. The summed E-state index contributed by atoms with van der Waals surface area (Å²) in [7, 11) is 0. The molecule has 0 atom stereocenters. The molecule has 4 nitrogen and oxygen atoms in total. The van der Waals surface area contributed by atoms with Crippen LogP contribution in [0.25, 0.3) is 0 Å². The average molecular weight is 261 g/mol. The first-order chi connectivity index (χ1) is 8.68. The summed E-state index contributed by atoms with van der Waals surface area (Å²) < 4.78 is 3.85. The molecule has 1 aromatic carbocycles. The number of rotatable bonds is 4. The standard InChI is InChI=1S/C13H15N3OS/c1-9(2)11-12(18-16-15-11)13(17)14-8-10-6-4-3-5-7-10/h3-7,9H,8H2,1-2H3,(H,14,17). The maximum Gasteiger partial charge on any atom is 0.265 e. The fourth-order valence-corrected chi connectivity index (χ4v) is 2.33. The van der Waals surface area contributed by atoms with Gasteiger partial charge in [-0.25, -0.2) is 0 Å². The highest BCUT2D eigenvalue weighted by Crippen LogP contribution is 2.19. The number of carbonyl (C=O) groups excluding carboxylic acids is 1. The topological polar surface area (TPSA) is 54.9 Å². The van der Waals surface area contributed by atoms with E-state index in [4.69, 9.17) is 0 Å². The molecule has 5 heteroatoms. The van der Waals surface area contributed by atoms with Crippen LogP contribution in [0.15, 0.2) is 30.3 Å². The molecule has 18 heavy (non-hydrogen) atoms. The van der Waals surface area contributed by atoms with E-state index in [1.165, 1.54) is 0 Å². The minimum atomic E-state index is -0.0995. The van der Waals surface area contributed by atoms with E-state index in [2.05, 4.69) is 14.9 Å². The maximum absolute atomic E-state index is 12.0. The molecular formula is C13H15N3OS. The molecule has 0 unspecified atom stereocenters. The van der Waals surface area contributed by atoms with Gasteiger partial charge in [0.15, 0.2) is 0 Å². The minimum Gasteiger partial charge on any atom is -0.347 e. The Morgan fingerprint density at radius 2 is 2.06 bits per heavy atom. The van der Waals surface area contributed by atoms with Gasteiger partial charge in [0.1, 0.15) is 4.88 Å². The van der Waals surface area contributed by atoms with Crippen LogP contribution in [0.3, 0.4) is 0 Å². The second-order valence-corrected chi connectivity index (χ2v) is 5.06. The predicted octanol–water partition coefficient (Wildman–Crippen LogP) is 2.59. The van der Waals surface area contributed by atoms with E-state index in [-0.39, 0.29) is 11.8 Å². The summed E-state index contributed by atoms with van der Waals surface area (Å²) >= 11 is 1.15. The Morgan fingerprint density at radius 1 is 1.33 bits per heavy atom. The Hall–Kier alpha value is -1.75. The third kappa shape index (κ3) is 2.92. The number of carbonyl (C=O) groups is 1. The summed E-state index contributed by atoms with van der Waals surface area (Å²) in [6.07, 6.45) is 0. The third-order valence-electron chi connectivity index (χ3n) is 2.56. The highest BCUT2D eigenvalue weighted by Gasteiger charge is 2.18. The molecule has 0 spiro atoms. The molecule has 94 valence electrons. The van der Waals surface area contributed by atoms with Gasteiger partial charge < -0.3 is 5.32 Å². The molecule has 0 aliphatic heterocycles. The van der Waals surface area contributed by atoms with Gasteiger partial charge in [0, 0.05) is 6.54 Å². The van der Waals surface area contributed by atoms with E-state index in [1.54, 1.807) is 0 Å². The molecule has 1 heterocycles. The maximum atomic E-state index is 12.0. The van der Waals surface area contributed by atoms with Crippen LogP contribution in [0.2, 0.25) is 0 Å². The van der Waals surface area contributed by atoms with Crippen molar-refractivity contribution in [2.45, 2.75) is 26.3 Å². The van der Waals surface area contributed by atoms with Crippen molar-refractivity contribution in [1.29, 1.82) is 0 Å². The Morgan fingerprint density at radius 3 is 2.72 bits per heavy atom. The van der Waals surface area contributed by atoms with Gasteiger partial charge >= 0.3 is 0 Å². The van der Waals surface area contributed by atoms with Gasteiger partial charge in [-0.1, -0.05) is 48.7 Å². The highest BCUT2D eigenvalue weighted by atomic mass is 32.1. The lowest BCUT2D eigenvalue weighted by Crippen LogP contribution is -2.23. The van der Waals surface area contributed by atoms with Crippen molar-refractivity contribution >= 4 is 17.4 Å². The van der Waals surface area contributed by atoms with Crippen LogP contribution >= 0.6 is 11.5 Å². The molecule has 0 aliphatic carbocycles. The van der Waals surface area contributed by atoms with E-state index < -0.39 is 0 Å². The summed E-state index contributed by atoms with van der Waals surface area (Å²) in [6.45, 7) is 4.53. The van der Waals surface area contributed by atoms with Crippen LogP contribution < -0.4 is 5.32 Å². The molecule has 1 aromatic heterocycles.